The minimum absolute atomic E-state index is 0.00544. The molecule has 7 atom stereocenters. The van der Waals surface area contributed by atoms with Gasteiger partial charge in [-0.2, -0.15) is 0 Å². The molecule has 0 amide bonds. The smallest absolute Gasteiger partial charge is 0.164 e. The van der Waals surface area contributed by atoms with E-state index in [2.05, 4.69) is 31.2 Å². The summed E-state index contributed by atoms with van der Waals surface area (Å²) in [5, 5.41) is 24.8. The molecule has 0 radical (unpaired) electrons. The molecular formula is C54H70O9S2. The highest BCUT2D eigenvalue weighted by Gasteiger charge is 2.75. The minimum Gasteiger partial charge on any atom is -0.393 e. The van der Waals surface area contributed by atoms with Gasteiger partial charge in [0.15, 0.2) is 22.8 Å². The number of thioether (sulfide) groups is 2. The highest BCUT2D eigenvalue weighted by atomic mass is 32.2. The molecule has 65 heavy (non-hydrogen) atoms. The van der Waals surface area contributed by atoms with Gasteiger partial charge in [0, 0.05) is 0 Å². The zero-order valence-corrected chi connectivity index (χ0v) is 40.5. The first kappa shape index (κ1) is 49.9. The maximum absolute atomic E-state index is 13.4. The fourth-order valence-electron chi connectivity index (χ4n) is 9.45. The van der Waals surface area contributed by atoms with E-state index in [9.17, 15) is 10.2 Å². The molecule has 4 aromatic rings. The molecule has 3 saturated heterocycles. The summed E-state index contributed by atoms with van der Waals surface area (Å²) in [5.74, 6) is -0.442. The lowest BCUT2D eigenvalue weighted by atomic mass is 9.73. The second kappa shape index (κ2) is 22.8. The summed E-state index contributed by atoms with van der Waals surface area (Å²) in [4.78, 5) is 0. The normalized spacial score (nSPS) is 26.3. The predicted octanol–water partition coefficient (Wildman–Crippen LogP) is 10.6. The van der Waals surface area contributed by atoms with Crippen LogP contribution in [0, 0.1) is 5.92 Å². The van der Waals surface area contributed by atoms with E-state index in [-0.39, 0.29) is 25.7 Å². The highest BCUT2D eigenvalue weighted by Crippen LogP contribution is 2.58. The zero-order chi connectivity index (χ0) is 45.8. The molecule has 4 aromatic carbocycles. The fraction of sp³-hybridized carbons (Fsp3) is 0.519. The van der Waals surface area contributed by atoms with E-state index in [1.165, 1.54) is 0 Å². The lowest BCUT2D eigenvalue weighted by molar-refractivity contribution is -0.275. The molecule has 7 rings (SSSR count). The molecule has 352 valence electrons. The summed E-state index contributed by atoms with van der Waals surface area (Å²) in [6.45, 7) is 10.8. The number of rotatable bonds is 23. The Kier molecular flexibility index (Phi) is 17.5. The Morgan fingerprint density at radius 3 is 1.72 bits per heavy atom. The van der Waals surface area contributed by atoms with E-state index < -0.39 is 51.3 Å². The quantitative estimate of drug-likeness (QED) is 0.0743. The molecular weight excluding hydrogens is 857 g/mol. The first-order chi connectivity index (χ1) is 31.3. The molecule has 0 aliphatic carbocycles. The summed E-state index contributed by atoms with van der Waals surface area (Å²) in [6.07, 6.45) is 4.78. The number of allylic oxidation sites excluding steroid dienone is 1. The minimum atomic E-state index is -1.49. The van der Waals surface area contributed by atoms with Crippen molar-refractivity contribution < 1.29 is 43.4 Å². The van der Waals surface area contributed by atoms with E-state index >= 15 is 0 Å². The Labute approximate surface area is 395 Å². The van der Waals surface area contributed by atoms with Gasteiger partial charge in [-0.05, 0) is 99.5 Å². The molecule has 2 N–H and O–H groups in total. The molecule has 0 spiro atoms. The number of aliphatic hydroxyl groups excluding tert-OH is 2. The summed E-state index contributed by atoms with van der Waals surface area (Å²) >= 11 is 3.57. The van der Waals surface area contributed by atoms with Crippen molar-refractivity contribution >= 4 is 29.6 Å². The van der Waals surface area contributed by atoms with Crippen LogP contribution in [-0.4, -0.2) is 92.8 Å². The first-order valence-electron chi connectivity index (χ1n) is 23.3. The number of benzene rings is 4. The summed E-state index contributed by atoms with van der Waals surface area (Å²) < 4.78 is 48.0. The van der Waals surface area contributed by atoms with Gasteiger partial charge in [-0.15, -0.1) is 23.5 Å². The van der Waals surface area contributed by atoms with Crippen molar-refractivity contribution in [3.63, 3.8) is 0 Å². The third kappa shape index (κ3) is 12.7. The standard InChI is InChI=1S/C54H70O9S2/c1-41(21-18-30-42-22-10-6-11-23-42)46(55)31-19-32-54(64-33-20-34-65-54)48(56)49-53(63-51(4,5)61-49,40-59-37-45-28-16-9-17-29-45)52(39-58-36-44-26-14-8-15-27-44)47(60-50(2,3)62-52)38-57-35-43-24-12-7-13-25-43/h6-18,22-30,41,46-49,55-56H,19-21,31-40H2,1-5H3/b30-18+/t41-,46-,47-,48+,49-,52-,53-/m1/s1. The van der Waals surface area contributed by atoms with Gasteiger partial charge in [-0.25, -0.2) is 0 Å². The molecule has 0 aromatic heterocycles. The topological polar surface area (TPSA) is 105 Å². The van der Waals surface area contributed by atoms with Gasteiger partial charge in [0.05, 0.1) is 49.8 Å². The highest BCUT2D eigenvalue weighted by molar-refractivity contribution is 8.18. The Balaban J connectivity index is 1.22. The van der Waals surface area contributed by atoms with Crippen LogP contribution in [0.1, 0.15) is 89.0 Å². The van der Waals surface area contributed by atoms with Gasteiger partial charge >= 0.3 is 0 Å². The average Bonchev–Trinajstić information content (AvgIpc) is 3.76. The molecule has 3 fully saturated rings. The van der Waals surface area contributed by atoms with Gasteiger partial charge in [0.1, 0.15) is 18.3 Å². The van der Waals surface area contributed by atoms with Crippen molar-refractivity contribution in [1.29, 1.82) is 0 Å². The molecule has 11 heteroatoms. The number of ether oxygens (including phenoxy) is 7. The van der Waals surface area contributed by atoms with Crippen LogP contribution in [-0.2, 0) is 53.0 Å². The van der Waals surface area contributed by atoms with Crippen LogP contribution in [0.5, 0.6) is 0 Å². The van der Waals surface area contributed by atoms with Gasteiger partial charge < -0.3 is 43.4 Å². The first-order valence-corrected chi connectivity index (χ1v) is 25.3. The molecule has 0 saturated carbocycles. The number of hydrogen-bond acceptors (Lipinski definition) is 11. The van der Waals surface area contributed by atoms with Crippen molar-refractivity contribution in [2.45, 2.75) is 138 Å². The Hall–Kier alpha value is -3.04. The molecule has 0 bridgehead atoms. The van der Waals surface area contributed by atoms with Gasteiger partial charge in [-0.3, -0.25) is 0 Å². The second-order valence-electron chi connectivity index (χ2n) is 18.7. The van der Waals surface area contributed by atoms with Crippen molar-refractivity contribution in [1.82, 2.24) is 0 Å². The number of aliphatic hydroxyl groups is 2. The van der Waals surface area contributed by atoms with Crippen LogP contribution >= 0.6 is 23.5 Å². The van der Waals surface area contributed by atoms with E-state index in [4.69, 9.17) is 33.2 Å². The van der Waals surface area contributed by atoms with Crippen molar-refractivity contribution in [3.05, 3.63) is 150 Å². The van der Waals surface area contributed by atoms with Crippen LogP contribution < -0.4 is 0 Å². The maximum Gasteiger partial charge on any atom is 0.164 e. The van der Waals surface area contributed by atoms with Crippen LogP contribution in [0.4, 0.5) is 0 Å². The van der Waals surface area contributed by atoms with Gasteiger partial charge in [0.25, 0.3) is 0 Å². The van der Waals surface area contributed by atoms with Crippen LogP contribution in [0.3, 0.4) is 0 Å². The van der Waals surface area contributed by atoms with E-state index in [1.54, 1.807) is 23.5 Å². The van der Waals surface area contributed by atoms with Crippen LogP contribution in [0.2, 0.25) is 0 Å². The predicted molar refractivity (Wildman–Crippen MR) is 261 cm³/mol. The van der Waals surface area contributed by atoms with Gasteiger partial charge in [-0.1, -0.05) is 140 Å². The summed E-state index contributed by atoms with van der Waals surface area (Å²) in [7, 11) is 0. The summed E-state index contributed by atoms with van der Waals surface area (Å²) in [5.41, 5.74) is 1.28. The SMILES string of the molecule is C[C@H](C/C=C/c1ccccc1)[C@H](O)CCCC1([C@@H](O)[C@H]2OC(C)(C)O[C@@]2(COCc2ccccc2)[C@]2(COCc3ccccc3)OC(C)(C)O[C@@H]2COCc2ccccc2)SCCCS1. The van der Waals surface area contributed by atoms with Crippen molar-refractivity contribution in [2.75, 3.05) is 31.3 Å². The number of hydrogen-bond donors (Lipinski definition) is 2. The summed E-state index contributed by atoms with van der Waals surface area (Å²) in [6, 6.07) is 40.4. The third-order valence-electron chi connectivity index (χ3n) is 12.6. The third-order valence-corrected chi connectivity index (χ3v) is 16.2. The zero-order valence-electron chi connectivity index (χ0n) is 38.8. The van der Waals surface area contributed by atoms with Crippen LogP contribution in [0.25, 0.3) is 6.08 Å². The lowest BCUT2D eigenvalue weighted by Gasteiger charge is -2.51. The lowest BCUT2D eigenvalue weighted by Crippen LogP contribution is -2.73. The monoisotopic (exact) mass is 926 g/mol. The molecule has 3 aliphatic rings. The molecule has 0 unspecified atom stereocenters. The van der Waals surface area contributed by atoms with E-state index in [1.807, 2.05) is 137 Å². The second-order valence-corrected chi connectivity index (χ2v) is 21.8. The average molecular weight is 927 g/mol. The van der Waals surface area contributed by atoms with Crippen LogP contribution in [0.15, 0.2) is 127 Å². The Bertz CT molecular complexity index is 2030. The van der Waals surface area contributed by atoms with E-state index in [0.29, 0.717) is 39.1 Å². The van der Waals surface area contributed by atoms with Gasteiger partial charge in [0.2, 0.25) is 0 Å². The van der Waals surface area contributed by atoms with Crippen molar-refractivity contribution in [3.8, 4) is 0 Å². The Morgan fingerprint density at radius 1 is 0.662 bits per heavy atom. The largest absolute Gasteiger partial charge is 0.393 e. The Morgan fingerprint density at radius 2 is 1.15 bits per heavy atom. The molecule has 9 nitrogen and oxygen atoms in total. The maximum atomic E-state index is 13.4. The molecule has 3 aliphatic heterocycles. The van der Waals surface area contributed by atoms with Crippen molar-refractivity contribution in [2.24, 2.45) is 5.92 Å². The molecule has 3 heterocycles. The fourth-order valence-corrected chi connectivity index (χ4v) is 12.9. The van der Waals surface area contributed by atoms with E-state index in [0.717, 1.165) is 46.6 Å².